The van der Waals surface area contributed by atoms with E-state index in [1.54, 1.807) is 0 Å². The maximum Gasteiger partial charge on any atom is 0.119 e. The van der Waals surface area contributed by atoms with Crippen molar-refractivity contribution in [3.8, 4) is 5.75 Å². The minimum Gasteiger partial charge on any atom is -0.491 e. The zero-order valence-corrected chi connectivity index (χ0v) is 16.6. The number of rotatable bonds is 10. The van der Waals surface area contributed by atoms with Crippen molar-refractivity contribution in [1.29, 1.82) is 0 Å². The number of aliphatic hydroxyl groups is 1. The van der Waals surface area contributed by atoms with Crippen molar-refractivity contribution >= 4 is 0 Å². The molecule has 1 aromatic rings. The van der Waals surface area contributed by atoms with Crippen molar-refractivity contribution in [3.63, 3.8) is 0 Å². The molecule has 0 heterocycles. The Kier molecular flexibility index (Phi) is 7.35. The molecular formula is C22H36N2O2. The van der Waals surface area contributed by atoms with Crippen LogP contribution in [0.15, 0.2) is 24.3 Å². The van der Waals surface area contributed by atoms with Gasteiger partial charge in [-0.25, -0.2) is 0 Å². The Bertz CT molecular complexity index is 541. The van der Waals surface area contributed by atoms with Crippen LogP contribution in [0.1, 0.15) is 50.5 Å². The van der Waals surface area contributed by atoms with E-state index in [1.807, 2.05) is 6.07 Å². The quantitative estimate of drug-likeness (QED) is 0.692. The fourth-order valence-corrected chi connectivity index (χ4v) is 4.10. The molecule has 1 aromatic carbocycles. The van der Waals surface area contributed by atoms with Crippen LogP contribution in [-0.4, -0.2) is 60.8 Å². The first-order valence-electron chi connectivity index (χ1n) is 10.4. The van der Waals surface area contributed by atoms with Crippen LogP contribution < -0.4 is 4.74 Å². The van der Waals surface area contributed by atoms with Crippen LogP contribution >= 0.6 is 0 Å². The number of likely N-dealkylation sites (N-methyl/N-ethyl adjacent to an activating group) is 1. The van der Waals surface area contributed by atoms with Gasteiger partial charge < -0.3 is 19.6 Å². The Labute approximate surface area is 159 Å². The van der Waals surface area contributed by atoms with Crippen LogP contribution in [0, 0.1) is 5.92 Å². The van der Waals surface area contributed by atoms with Gasteiger partial charge in [-0.2, -0.15) is 0 Å². The van der Waals surface area contributed by atoms with Crippen molar-refractivity contribution in [2.75, 3.05) is 33.8 Å². The lowest BCUT2D eigenvalue weighted by Crippen LogP contribution is -2.40. The standard InChI is InChI=1S/C22H36N2O2/c1-23(14-18-11-12-18)15-19-7-6-10-22(13-19)26-17-21(25)16-24(2)20-8-4-3-5-9-20/h6-7,10,13,18,20-21,25H,3-5,8-9,11-12,14-17H2,1-2H3. The van der Waals surface area contributed by atoms with E-state index in [0.29, 0.717) is 19.2 Å². The summed E-state index contributed by atoms with van der Waals surface area (Å²) in [7, 11) is 4.33. The molecule has 0 radical (unpaired) electrons. The third-order valence-corrected chi connectivity index (χ3v) is 5.76. The van der Waals surface area contributed by atoms with Crippen molar-refractivity contribution in [1.82, 2.24) is 9.80 Å². The van der Waals surface area contributed by atoms with E-state index < -0.39 is 6.10 Å². The highest BCUT2D eigenvalue weighted by atomic mass is 16.5. The van der Waals surface area contributed by atoms with Gasteiger partial charge in [-0.15, -0.1) is 0 Å². The summed E-state index contributed by atoms with van der Waals surface area (Å²) in [5.74, 6) is 1.78. The second kappa shape index (κ2) is 9.72. The van der Waals surface area contributed by atoms with Gasteiger partial charge in [-0.1, -0.05) is 31.4 Å². The molecule has 1 unspecified atom stereocenters. The highest BCUT2D eigenvalue weighted by molar-refractivity contribution is 5.28. The minimum atomic E-state index is -0.442. The summed E-state index contributed by atoms with van der Waals surface area (Å²) in [6.07, 6.45) is 8.88. The van der Waals surface area contributed by atoms with Crippen LogP contribution in [-0.2, 0) is 6.54 Å². The predicted octanol–water partition coefficient (Wildman–Crippen LogP) is 3.53. The molecule has 0 amide bonds. The molecule has 146 valence electrons. The molecule has 0 spiro atoms. The molecule has 3 rings (SSSR count). The number of ether oxygens (including phenoxy) is 1. The number of benzene rings is 1. The lowest BCUT2D eigenvalue weighted by atomic mass is 9.94. The summed E-state index contributed by atoms with van der Waals surface area (Å²) in [5, 5.41) is 10.4. The van der Waals surface area contributed by atoms with Crippen LogP contribution in [0.2, 0.25) is 0 Å². The van der Waals surface area contributed by atoms with Gasteiger partial charge in [0.05, 0.1) is 0 Å². The maximum atomic E-state index is 10.4. The zero-order chi connectivity index (χ0) is 18.4. The highest BCUT2D eigenvalue weighted by Gasteiger charge is 2.23. The average Bonchev–Trinajstić information content (AvgIpc) is 3.45. The van der Waals surface area contributed by atoms with Crippen LogP contribution in [0.25, 0.3) is 0 Å². The van der Waals surface area contributed by atoms with Gasteiger partial charge >= 0.3 is 0 Å². The highest BCUT2D eigenvalue weighted by Crippen LogP contribution is 2.29. The number of aliphatic hydroxyl groups excluding tert-OH is 1. The first-order valence-corrected chi connectivity index (χ1v) is 10.4. The molecule has 1 atom stereocenters. The third kappa shape index (κ3) is 6.57. The fourth-order valence-electron chi connectivity index (χ4n) is 4.10. The SMILES string of the molecule is CN(Cc1cccc(OCC(O)CN(C)C2CCCCC2)c1)CC1CC1. The average molecular weight is 361 g/mol. The molecule has 0 saturated heterocycles. The molecule has 4 heteroatoms. The van der Waals surface area contributed by atoms with E-state index in [4.69, 9.17) is 4.74 Å². The van der Waals surface area contributed by atoms with Gasteiger partial charge in [0.15, 0.2) is 0 Å². The Balaban J connectivity index is 1.40. The summed E-state index contributed by atoms with van der Waals surface area (Å²) < 4.78 is 5.88. The van der Waals surface area contributed by atoms with Gasteiger partial charge in [0, 0.05) is 25.7 Å². The van der Waals surface area contributed by atoms with E-state index in [9.17, 15) is 5.11 Å². The fraction of sp³-hybridized carbons (Fsp3) is 0.727. The molecule has 2 fully saturated rings. The van der Waals surface area contributed by atoms with E-state index in [2.05, 4.69) is 42.1 Å². The smallest absolute Gasteiger partial charge is 0.119 e. The normalized spacial score (nSPS) is 19.9. The topological polar surface area (TPSA) is 35.9 Å². The minimum absolute atomic E-state index is 0.360. The van der Waals surface area contributed by atoms with E-state index in [1.165, 1.54) is 57.1 Å². The van der Waals surface area contributed by atoms with E-state index >= 15 is 0 Å². The van der Waals surface area contributed by atoms with Crippen molar-refractivity contribution in [2.45, 2.75) is 63.6 Å². The van der Waals surface area contributed by atoms with Crippen LogP contribution in [0.3, 0.4) is 0 Å². The Hall–Kier alpha value is -1.10. The van der Waals surface area contributed by atoms with Gasteiger partial charge in [-0.05, 0) is 63.4 Å². The molecule has 0 aromatic heterocycles. The Morgan fingerprint density at radius 3 is 2.62 bits per heavy atom. The first kappa shape index (κ1) is 19.7. The molecule has 1 N–H and O–H groups in total. The number of nitrogens with zero attached hydrogens (tertiary/aromatic N) is 2. The van der Waals surface area contributed by atoms with Gasteiger partial charge in [0.2, 0.25) is 0 Å². The van der Waals surface area contributed by atoms with Crippen molar-refractivity contribution < 1.29 is 9.84 Å². The number of hydrogen-bond acceptors (Lipinski definition) is 4. The van der Waals surface area contributed by atoms with Crippen molar-refractivity contribution in [3.05, 3.63) is 29.8 Å². The molecule has 2 aliphatic rings. The molecular weight excluding hydrogens is 324 g/mol. The monoisotopic (exact) mass is 360 g/mol. The van der Waals surface area contributed by atoms with Gasteiger partial charge in [0.25, 0.3) is 0 Å². The molecule has 4 nitrogen and oxygen atoms in total. The molecule has 0 aliphatic heterocycles. The summed E-state index contributed by atoms with van der Waals surface area (Å²) in [5.41, 5.74) is 1.28. The second-order valence-corrected chi connectivity index (χ2v) is 8.48. The summed E-state index contributed by atoms with van der Waals surface area (Å²) in [4.78, 5) is 4.71. The van der Waals surface area contributed by atoms with Gasteiger partial charge in [-0.3, -0.25) is 0 Å². The molecule has 2 saturated carbocycles. The van der Waals surface area contributed by atoms with E-state index in [-0.39, 0.29) is 0 Å². The zero-order valence-electron chi connectivity index (χ0n) is 16.6. The lowest BCUT2D eigenvalue weighted by molar-refractivity contribution is 0.0561. The first-order chi connectivity index (χ1) is 12.6. The summed E-state index contributed by atoms with van der Waals surface area (Å²) in [6.45, 7) is 3.20. The third-order valence-electron chi connectivity index (χ3n) is 5.76. The van der Waals surface area contributed by atoms with Crippen molar-refractivity contribution in [2.24, 2.45) is 5.92 Å². The van der Waals surface area contributed by atoms with Crippen LogP contribution in [0.4, 0.5) is 0 Å². The van der Waals surface area contributed by atoms with E-state index in [0.717, 1.165) is 18.2 Å². The van der Waals surface area contributed by atoms with Gasteiger partial charge in [0.1, 0.15) is 18.5 Å². The predicted molar refractivity (Wildman–Crippen MR) is 107 cm³/mol. The second-order valence-electron chi connectivity index (χ2n) is 8.48. The lowest BCUT2D eigenvalue weighted by Gasteiger charge is -2.32. The maximum absolute atomic E-state index is 10.4. The van der Waals surface area contributed by atoms with Crippen LogP contribution in [0.5, 0.6) is 5.75 Å². The molecule has 2 aliphatic carbocycles. The Morgan fingerprint density at radius 1 is 1.12 bits per heavy atom. The largest absolute Gasteiger partial charge is 0.491 e. The summed E-state index contributed by atoms with van der Waals surface area (Å²) in [6, 6.07) is 8.94. The summed E-state index contributed by atoms with van der Waals surface area (Å²) >= 11 is 0. The number of hydrogen-bond donors (Lipinski definition) is 1. The molecule has 0 bridgehead atoms. The molecule has 26 heavy (non-hydrogen) atoms. The Morgan fingerprint density at radius 2 is 1.88 bits per heavy atom.